The summed E-state index contributed by atoms with van der Waals surface area (Å²) in [5.74, 6) is 1.51. The Morgan fingerprint density at radius 1 is 1.29 bits per heavy atom. The third kappa shape index (κ3) is 3.74. The number of phenols is 1. The summed E-state index contributed by atoms with van der Waals surface area (Å²) < 4.78 is 5.10. The zero-order chi connectivity index (χ0) is 12.8. The van der Waals surface area contributed by atoms with E-state index in [9.17, 15) is 5.11 Å². The summed E-state index contributed by atoms with van der Waals surface area (Å²) in [5, 5.41) is 9.74. The fraction of sp³-hybridized carbons (Fsp3) is 0.600. The Kier molecular flexibility index (Phi) is 5.49. The van der Waals surface area contributed by atoms with Crippen LogP contribution < -0.4 is 0 Å². The minimum atomic E-state index is 0.328. The van der Waals surface area contributed by atoms with Gasteiger partial charge in [0.2, 0.25) is 0 Å². The Bertz CT molecular complexity index is 345. The normalized spacial score (nSPS) is 13.0. The Labute approximate surface area is 105 Å². The van der Waals surface area contributed by atoms with Crippen molar-refractivity contribution in [2.75, 3.05) is 7.11 Å². The molecule has 1 aromatic rings. The van der Waals surface area contributed by atoms with Crippen LogP contribution in [0.2, 0.25) is 0 Å². The molecule has 1 aromatic carbocycles. The topological polar surface area (TPSA) is 29.5 Å². The van der Waals surface area contributed by atoms with E-state index in [1.807, 2.05) is 6.07 Å². The Morgan fingerprint density at radius 2 is 2.00 bits per heavy atom. The lowest BCUT2D eigenvalue weighted by Crippen LogP contribution is -2.07. The summed E-state index contributed by atoms with van der Waals surface area (Å²) >= 11 is 0. The molecule has 0 aromatic heterocycles. The maximum absolute atomic E-state index is 9.74. The molecule has 96 valence electrons. The fourth-order valence-corrected chi connectivity index (χ4v) is 2.30. The molecule has 2 nitrogen and oxygen atoms in total. The molecule has 1 rings (SSSR count). The van der Waals surface area contributed by atoms with Gasteiger partial charge in [-0.05, 0) is 36.0 Å². The maximum Gasteiger partial charge on any atom is 0.121 e. The van der Waals surface area contributed by atoms with Crippen molar-refractivity contribution in [2.24, 2.45) is 5.92 Å². The van der Waals surface area contributed by atoms with E-state index in [1.54, 1.807) is 13.2 Å². The predicted octanol–water partition coefficient (Wildman–Crippen LogP) is 4.08. The SMILES string of the molecule is CCCC(c1ccc(O)c(COC)c1)C(C)C. The van der Waals surface area contributed by atoms with Crippen LogP contribution in [-0.2, 0) is 11.3 Å². The molecule has 0 amide bonds. The summed E-state index contributed by atoms with van der Waals surface area (Å²) in [6, 6.07) is 5.91. The standard InChI is InChI=1S/C15H24O2/c1-5-6-14(11(2)3)12-7-8-15(16)13(9-12)10-17-4/h7-9,11,14,16H,5-6,10H2,1-4H3. The van der Waals surface area contributed by atoms with E-state index in [4.69, 9.17) is 4.74 Å². The van der Waals surface area contributed by atoms with E-state index in [2.05, 4.69) is 26.8 Å². The number of hydrogen-bond acceptors (Lipinski definition) is 2. The molecule has 1 atom stereocenters. The first-order chi connectivity index (χ1) is 8.10. The monoisotopic (exact) mass is 236 g/mol. The maximum atomic E-state index is 9.74. The molecule has 0 aliphatic carbocycles. The molecule has 0 spiro atoms. The molecule has 0 heterocycles. The molecule has 0 saturated heterocycles. The third-order valence-electron chi connectivity index (χ3n) is 3.24. The van der Waals surface area contributed by atoms with Crippen LogP contribution in [0.15, 0.2) is 18.2 Å². The number of rotatable bonds is 6. The molecule has 2 heteroatoms. The number of aromatic hydroxyl groups is 1. The van der Waals surface area contributed by atoms with Crippen LogP contribution in [0.25, 0.3) is 0 Å². The van der Waals surface area contributed by atoms with E-state index >= 15 is 0 Å². The van der Waals surface area contributed by atoms with Gasteiger partial charge in [-0.25, -0.2) is 0 Å². The highest BCUT2D eigenvalue weighted by atomic mass is 16.5. The lowest BCUT2D eigenvalue weighted by Gasteiger charge is -2.21. The second-order valence-corrected chi connectivity index (χ2v) is 4.96. The Balaban J connectivity index is 2.99. The number of methoxy groups -OCH3 is 1. The summed E-state index contributed by atoms with van der Waals surface area (Å²) in [6.07, 6.45) is 2.37. The van der Waals surface area contributed by atoms with Crippen molar-refractivity contribution >= 4 is 0 Å². The van der Waals surface area contributed by atoms with Gasteiger partial charge in [-0.2, -0.15) is 0 Å². The van der Waals surface area contributed by atoms with Crippen LogP contribution in [0.1, 0.15) is 50.7 Å². The number of ether oxygens (including phenoxy) is 1. The van der Waals surface area contributed by atoms with E-state index in [0.29, 0.717) is 24.2 Å². The Hall–Kier alpha value is -1.02. The average molecular weight is 236 g/mol. The zero-order valence-corrected chi connectivity index (χ0v) is 11.4. The molecule has 0 aliphatic heterocycles. The van der Waals surface area contributed by atoms with Gasteiger partial charge in [-0.3, -0.25) is 0 Å². The fourth-order valence-electron chi connectivity index (χ4n) is 2.30. The van der Waals surface area contributed by atoms with Crippen molar-refractivity contribution in [2.45, 2.75) is 46.1 Å². The lowest BCUT2D eigenvalue weighted by atomic mass is 9.84. The second kappa shape index (κ2) is 6.65. The van der Waals surface area contributed by atoms with Crippen molar-refractivity contribution in [1.82, 2.24) is 0 Å². The van der Waals surface area contributed by atoms with E-state index in [0.717, 1.165) is 5.56 Å². The first-order valence-corrected chi connectivity index (χ1v) is 6.40. The smallest absolute Gasteiger partial charge is 0.121 e. The molecule has 0 radical (unpaired) electrons. The molecule has 1 unspecified atom stereocenters. The largest absolute Gasteiger partial charge is 0.508 e. The molecule has 0 aliphatic rings. The summed E-state index contributed by atoms with van der Waals surface area (Å²) in [6.45, 7) is 7.19. The first kappa shape index (κ1) is 14.0. The molecule has 0 fully saturated rings. The van der Waals surface area contributed by atoms with Gasteiger partial charge in [0, 0.05) is 12.7 Å². The van der Waals surface area contributed by atoms with Gasteiger partial charge in [-0.1, -0.05) is 33.3 Å². The van der Waals surface area contributed by atoms with Crippen molar-refractivity contribution in [3.8, 4) is 5.75 Å². The van der Waals surface area contributed by atoms with E-state index in [1.165, 1.54) is 18.4 Å². The quantitative estimate of drug-likeness (QED) is 0.806. The second-order valence-electron chi connectivity index (χ2n) is 4.96. The van der Waals surface area contributed by atoms with Gasteiger partial charge in [0.05, 0.1) is 6.61 Å². The number of hydrogen-bond donors (Lipinski definition) is 1. The van der Waals surface area contributed by atoms with Gasteiger partial charge in [0.25, 0.3) is 0 Å². The molecular weight excluding hydrogens is 212 g/mol. The van der Waals surface area contributed by atoms with Crippen LogP contribution in [0, 0.1) is 5.92 Å². The van der Waals surface area contributed by atoms with Crippen LogP contribution in [0.4, 0.5) is 0 Å². The van der Waals surface area contributed by atoms with Crippen LogP contribution >= 0.6 is 0 Å². The van der Waals surface area contributed by atoms with E-state index < -0.39 is 0 Å². The molecule has 0 saturated carbocycles. The number of benzene rings is 1. The minimum Gasteiger partial charge on any atom is -0.508 e. The summed E-state index contributed by atoms with van der Waals surface area (Å²) in [5.41, 5.74) is 2.19. The highest BCUT2D eigenvalue weighted by Gasteiger charge is 2.16. The molecule has 0 bridgehead atoms. The molecule has 17 heavy (non-hydrogen) atoms. The predicted molar refractivity (Wildman–Crippen MR) is 71.3 cm³/mol. The van der Waals surface area contributed by atoms with Gasteiger partial charge >= 0.3 is 0 Å². The van der Waals surface area contributed by atoms with Gasteiger partial charge in [0.1, 0.15) is 5.75 Å². The van der Waals surface area contributed by atoms with Crippen LogP contribution in [-0.4, -0.2) is 12.2 Å². The lowest BCUT2D eigenvalue weighted by molar-refractivity contribution is 0.182. The van der Waals surface area contributed by atoms with E-state index in [-0.39, 0.29) is 0 Å². The van der Waals surface area contributed by atoms with Crippen molar-refractivity contribution in [3.63, 3.8) is 0 Å². The van der Waals surface area contributed by atoms with Crippen LogP contribution in [0.5, 0.6) is 5.75 Å². The van der Waals surface area contributed by atoms with Crippen LogP contribution in [0.3, 0.4) is 0 Å². The molecule has 1 N–H and O–H groups in total. The van der Waals surface area contributed by atoms with Crippen molar-refractivity contribution < 1.29 is 9.84 Å². The summed E-state index contributed by atoms with van der Waals surface area (Å²) in [7, 11) is 1.65. The highest BCUT2D eigenvalue weighted by Crippen LogP contribution is 2.32. The third-order valence-corrected chi connectivity index (χ3v) is 3.24. The minimum absolute atomic E-state index is 0.328. The average Bonchev–Trinajstić information content (AvgIpc) is 2.29. The van der Waals surface area contributed by atoms with Gasteiger partial charge in [0.15, 0.2) is 0 Å². The summed E-state index contributed by atoms with van der Waals surface area (Å²) in [4.78, 5) is 0. The van der Waals surface area contributed by atoms with Crippen molar-refractivity contribution in [3.05, 3.63) is 29.3 Å². The van der Waals surface area contributed by atoms with Gasteiger partial charge < -0.3 is 9.84 Å². The Morgan fingerprint density at radius 3 is 2.53 bits per heavy atom. The van der Waals surface area contributed by atoms with Crippen molar-refractivity contribution in [1.29, 1.82) is 0 Å². The highest BCUT2D eigenvalue weighted by molar-refractivity contribution is 5.37. The first-order valence-electron chi connectivity index (χ1n) is 6.40. The van der Waals surface area contributed by atoms with Gasteiger partial charge in [-0.15, -0.1) is 0 Å². The zero-order valence-electron chi connectivity index (χ0n) is 11.4. The number of phenolic OH excluding ortho intramolecular Hbond substituents is 1. The molecular formula is C15H24O2.